The molecule has 0 radical (unpaired) electrons. The molecule has 2 fully saturated rings. The zero-order valence-electron chi connectivity index (χ0n) is 23.6. The van der Waals surface area contributed by atoms with E-state index < -0.39 is 84.5 Å². The molecular weight excluding hydrogens is 640 g/mol. The van der Waals surface area contributed by atoms with Gasteiger partial charge in [0.2, 0.25) is 5.91 Å². The minimum absolute atomic E-state index is 0.158. The third-order valence-electron chi connectivity index (χ3n) is 9.56. The molecule has 1 saturated carbocycles. The molecule has 2 heterocycles. The van der Waals surface area contributed by atoms with Crippen molar-refractivity contribution in [3.8, 4) is 0 Å². The van der Waals surface area contributed by atoms with Gasteiger partial charge in [-0.25, -0.2) is 17.2 Å². The molecule has 1 aliphatic heterocycles. The molecule has 5 rings (SSSR count). The first-order valence-corrected chi connectivity index (χ1v) is 15.6. The Bertz CT molecular complexity index is 1610. The zero-order chi connectivity index (χ0) is 33.3. The predicted octanol–water partition coefficient (Wildman–Crippen LogP) is 5.86. The molecule has 0 spiro atoms. The number of halogens is 8. The maximum atomic E-state index is 14.9. The van der Waals surface area contributed by atoms with E-state index in [4.69, 9.17) is 0 Å². The summed E-state index contributed by atoms with van der Waals surface area (Å²) in [6, 6.07) is 3.56. The maximum Gasteiger partial charge on any atom is 0.437 e. The number of carbonyl (C=O) groups is 2. The van der Waals surface area contributed by atoms with Gasteiger partial charge in [-0.05, 0) is 74.3 Å². The van der Waals surface area contributed by atoms with E-state index in [-0.39, 0.29) is 62.6 Å². The molecule has 1 amide bonds. The van der Waals surface area contributed by atoms with Gasteiger partial charge in [0.1, 0.15) is 10.6 Å². The third-order valence-corrected chi connectivity index (χ3v) is 12.1. The fourth-order valence-corrected chi connectivity index (χ4v) is 9.71. The van der Waals surface area contributed by atoms with Crippen molar-refractivity contribution in [3.05, 3.63) is 59.2 Å². The van der Waals surface area contributed by atoms with Crippen molar-refractivity contribution in [2.75, 3.05) is 6.54 Å². The van der Waals surface area contributed by atoms with Crippen LogP contribution in [0.1, 0.15) is 56.0 Å². The van der Waals surface area contributed by atoms with E-state index in [2.05, 4.69) is 4.98 Å². The molecular formula is C29H28F8N2O5S. The van der Waals surface area contributed by atoms with Crippen LogP contribution in [0.2, 0.25) is 0 Å². The van der Waals surface area contributed by atoms with Crippen LogP contribution in [0.4, 0.5) is 35.1 Å². The number of pyridine rings is 1. The summed E-state index contributed by atoms with van der Waals surface area (Å²) in [6.45, 7) is 1.53. The predicted molar refractivity (Wildman–Crippen MR) is 140 cm³/mol. The Hall–Kier alpha value is -3.30. The van der Waals surface area contributed by atoms with Gasteiger partial charge in [0.15, 0.2) is 9.84 Å². The largest absolute Gasteiger partial charge is 0.481 e. The van der Waals surface area contributed by atoms with Crippen LogP contribution in [-0.2, 0) is 36.3 Å². The number of likely N-dealkylation sites (tertiary alicyclic amines) is 1. The number of hydrogen-bond donors (Lipinski definition) is 1. The number of sulfone groups is 1. The summed E-state index contributed by atoms with van der Waals surface area (Å²) in [6.07, 6.45) is -13.3. The molecule has 7 nitrogen and oxygen atoms in total. The summed E-state index contributed by atoms with van der Waals surface area (Å²) in [5.74, 6) is -4.10. The van der Waals surface area contributed by atoms with E-state index in [1.165, 1.54) is 4.90 Å². The Morgan fingerprint density at radius 3 is 2.24 bits per heavy atom. The maximum absolute atomic E-state index is 14.9. The molecule has 2 aromatic rings. The normalized spacial score (nSPS) is 27.5. The molecule has 1 aromatic carbocycles. The molecule has 2 unspecified atom stereocenters. The van der Waals surface area contributed by atoms with Crippen LogP contribution < -0.4 is 0 Å². The minimum atomic E-state index is -6.44. The van der Waals surface area contributed by atoms with Gasteiger partial charge in [0.05, 0.1) is 22.5 Å². The summed E-state index contributed by atoms with van der Waals surface area (Å²) in [5, 5.41) is 9.41. The second-order valence-corrected chi connectivity index (χ2v) is 14.2. The first kappa shape index (κ1) is 33.1. The molecule has 5 atom stereocenters. The van der Waals surface area contributed by atoms with Crippen molar-refractivity contribution in [1.82, 2.24) is 9.88 Å². The fraction of sp³-hybridized carbons (Fsp3) is 0.552. The SMILES string of the molecule is C[C@H]1C[C@H](C(=O)O)CC[C@H]1C(=O)N1CCC2(S(=O)(=O)c3cccc(F)c3)c3ccc(C(F)(C(F)(F)F)C(F)(F)F)nc3CCC12. The van der Waals surface area contributed by atoms with Crippen LogP contribution in [0.25, 0.3) is 0 Å². The molecule has 1 saturated heterocycles. The van der Waals surface area contributed by atoms with Crippen molar-refractivity contribution in [2.45, 2.75) is 79.2 Å². The van der Waals surface area contributed by atoms with Gasteiger partial charge in [-0.3, -0.25) is 14.6 Å². The van der Waals surface area contributed by atoms with Crippen LogP contribution in [-0.4, -0.2) is 60.2 Å². The molecule has 3 aliphatic rings. The number of alkyl halides is 7. The smallest absolute Gasteiger partial charge is 0.437 e. The van der Waals surface area contributed by atoms with Crippen LogP contribution >= 0.6 is 0 Å². The quantitative estimate of drug-likeness (QED) is 0.401. The Kier molecular flexibility index (Phi) is 8.01. The highest BCUT2D eigenvalue weighted by atomic mass is 32.2. The molecule has 1 aromatic heterocycles. The highest BCUT2D eigenvalue weighted by molar-refractivity contribution is 7.92. The number of carboxylic acids is 1. The van der Waals surface area contributed by atoms with E-state index in [0.717, 1.165) is 24.3 Å². The first-order valence-electron chi connectivity index (χ1n) is 14.1. The Labute approximate surface area is 252 Å². The summed E-state index contributed by atoms with van der Waals surface area (Å²) in [7, 11) is -4.72. The monoisotopic (exact) mass is 668 g/mol. The van der Waals surface area contributed by atoms with Gasteiger partial charge >= 0.3 is 24.0 Å². The number of amides is 1. The Morgan fingerprint density at radius 1 is 1.00 bits per heavy atom. The van der Waals surface area contributed by atoms with Gasteiger partial charge in [-0.15, -0.1) is 0 Å². The van der Waals surface area contributed by atoms with E-state index in [1.54, 1.807) is 6.92 Å². The molecule has 2 aliphatic carbocycles. The number of aromatic nitrogens is 1. The molecule has 45 heavy (non-hydrogen) atoms. The summed E-state index contributed by atoms with van der Waals surface area (Å²) in [5.41, 5.74) is -8.66. The first-order chi connectivity index (χ1) is 20.8. The van der Waals surface area contributed by atoms with Crippen molar-refractivity contribution in [3.63, 3.8) is 0 Å². The summed E-state index contributed by atoms with van der Waals surface area (Å²) >= 11 is 0. The average Bonchev–Trinajstić information content (AvgIpc) is 3.36. The number of aryl methyl sites for hydroxylation is 1. The van der Waals surface area contributed by atoms with Gasteiger partial charge in [-0.1, -0.05) is 19.1 Å². The number of hydrogen-bond acceptors (Lipinski definition) is 5. The van der Waals surface area contributed by atoms with Crippen LogP contribution in [0, 0.1) is 23.6 Å². The van der Waals surface area contributed by atoms with E-state index >= 15 is 0 Å². The Morgan fingerprint density at radius 2 is 1.67 bits per heavy atom. The fourth-order valence-electron chi connectivity index (χ4n) is 7.32. The second kappa shape index (κ2) is 10.9. The highest BCUT2D eigenvalue weighted by Crippen LogP contribution is 2.56. The number of nitrogens with zero attached hydrogens (tertiary/aromatic N) is 2. The standard InChI is InChI=1S/C29H28F8N2O5S/c1-15-13-16(25(41)42)5-6-19(15)24(40)39-12-11-26(45(43,44)18-4-2-3-17(30)14-18)20-7-9-22(38-21(20)8-10-23(26)39)27(31,28(32,33)34)29(35,36)37/h2-4,7,9,14-16,19,23H,5-6,8,10-13H2,1H3,(H,41,42)/t15-,16+,19+,23?,26?/m0/s1. The highest BCUT2D eigenvalue weighted by Gasteiger charge is 2.75. The van der Waals surface area contributed by atoms with E-state index in [9.17, 15) is 58.2 Å². The zero-order valence-corrected chi connectivity index (χ0v) is 24.4. The topological polar surface area (TPSA) is 105 Å². The van der Waals surface area contributed by atoms with Crippen molar-refractivity contribution in [1.29, 1.82) is 0 Å². The van der Waals surface area contributed by atoms with Crippen LogP contribution in [0.5, 0.6) is 0 Å². The summed E-state index contributed by atoms with van der Waals surface area (Å²) in [4.78, 5) is 29.7. The number of carbonyl (C=O) groups excluding carboxylic acids is 1. The van der Waals surface area contributed by atoms with Crippen molar-refractivity contribution in [2.24, 2.45) is 17.8 Å². The lowest BCUT2D eigenvalue weighted by Crippen LogP contribution is -2.54. The number of aliphatic carboxylic acids is 1. The molecule has 16 heteroatoms. The van der Waals surface area contributed by atoms with Gasteiger partial charge in [0, 0.05) is 18.2 Å². The summed E-state index contributed by atoms with van der Waals surface area (Å²) < 4.78 is 137. The minimum Gasteiger partial charge on any atom is -0.481 e. The number of rotatable bonds is 5. The lowest BCUT2D eigenvalue weighted by Gasteiger charge is -2.44. The number of benzene rings is 1. The van der Waals surface area contributed by atoms with Crippen LogP contribution in [0.3, 0.4) is 0 Å². The van der Waals surface area contributed by atoms with E-state index in [1.807, 2.05) is 0 Å². The third kappa shape index (κ3) is 4.97. The molecule has 246 valence electrons. The van der Waals surface area contributed by atoms with Gasteiger partial charge in [0.25, 0.3) is 0 Å². The lowest BCUT2D eigenvalue weighted by molar-refractivity contribution is -0.350. The van der Waals surface area contributed by atoms with E-state index in [0.29, 0.717) is 6.07 Å². The molecule has 0 bridgehead atoms. The average molecular weight is 669 g/mol. The van der Waals surface area contributed by atoms with Gasteiger partial charge in [-0.2, -0.15) is 26.3 Å². The Balaban J connectivity index is 1.64. The number of fused-ring (bicyclic) bond motifs is 3. The van der Waals surface area contributed by atoms with Gasteiger partial charge < -0.3 is 10.0 Å². The van der Waals surface area contributed by atoms with Crippen molar-refractivity contribution >= 4 is 21.7 Å². The van der Waals surface area contributed by atoms with Crippen molar-refractivity contribution < 1.29 is 58.2 Å². The lowest BCUT2D eigenvalue weighted by atomic mass is 9.74. The van der Waals surface area contributed by atoms with Crippen LogP contribution in [0.15, 0.2) is 41.3 Å². The number of carboxylic acid groups (broad SMARTS) is 1. The second-order valence-electron chi connectivity index (χ2n) is 12.0. The molecule has 1 N–H and O–H groups in total.